The number of halogens is 2. The molecule has 0 aliphatic heterocycles. The van der Waals surface area contributed by atoms with Gasteiger partial charge in [-0.15, -0.1) is 0 Å². The van der Waals surface area contributed by atoms with Crippen molar-refractivity contribution in [3.8, 4) is 0 Å². The van der Waals surface area contributed by atoms with E-state index in [2.05, 4.69) is 30.7 Å². The van der Waals surface area contributed by atoms with Gasteiger partial charge in [0.1, 0.15) is 0 Å². The first-order valence-electron chi connectivity index (χ1n) is 8.92. The Bertz CT molecular complexity index is 490. The molecule has 0 saturated heterocycles. The number of hydrogen-bond donors (Lipinski definition) is 0. The summed E-state index contributed by atoms with van der Waals surface area (Å²) < 4.78 is 44.2. The summed E-state index contributed by atoms with van der Waals surface area (Å²) in [6.45, 7) is 2.52. The quantitative estimate of drug-likeness (QED) is 0.248. The number of benzene rings is 1. The van der Waals surface area contributed by atoms with Crippen LogP contribution < -0.4 is 9.32 Å². The monoisotopic (exact) mass is 468 g/mol. The first kappa shape index (κ1) is 32.6. The van der Waals surface area contributed by atoms with Crippen molar-refractivity contribution in [2.24, 2.45) is 0 Å². The second-order valence-corrected chi connectivity index (χ2v) is 7.39. The molecule has 5 nitrogen and oxygen atoms in total. The second-order valence-electron chi connectivity index (χ2n) is 5.77. The summed E-state index contributed by atoms with van der Waals surface area (Å²) in [4.78, 5) is 0.238. The van der Waals surface area contributed by atoms with Gasteiger partial charge in [0, 0.05) is 0 Å². The van der Waals surface area contributed by atoms with E-state index in [0.29, 0.717) is 0 Å². The van der Waals surface area contributed by atoms with Crippen molar-refractivity contribution in [1.29, 1.82) is 0 Å². The molecule has 1 aromatic rings. The van der Waals surface area contributed by atoms with E-state index in [1.165, 1.54) is 51.4 Å². The predicted octanol–water partition coefficient (Wildman–Crippen LogP) is 3.93. The van der Waals surface area contributed by atoms with Crippen LogP contribution in [0.1, 0.15) is 71.1 Å². The molecule has 0 spiro atoms. The van der Waals surface area contributed by atoms with E-state index in [1.807, 2.05) is 0 Å². The molecule has 27 heavy (non-hydrogen) atoms. The van der Waals surface area contributed by atoms with Gasteiger partial charge < -0.3 is 9.32 Å². The minimum atomic E-state index is -3.57. The Labute approximate surface area is 204 Å². The van der Waals surface area contributed by atoms with Crippen LogP contribution in [0, 0.1) is 0 Å². The SMILES string of the molecule is CCCCCCCCCCCCOS(=O)(=O)c1ccccc1.[Ca+2].[O-]Cl.[O-]Cl. The van der Waals surface area contributed by atoms with Crippen molar-refractivity contribution < 1.29 is 21.9 Å². The minimum absolute atomic E-state index is 0. The molecule has 1 rings (SSSR count). The molecule has 0 atom stereocenters. The molecule has 0 amide bonds. The Balaban J connectivity index is -0.00000108. The van der Waals surface area contributed by atoms with Crippen LogP contribution in [0.2, 0.25) is 0 Å². The molecule has 0 aromatic heterocycles. The molecule has 0 heterocycles. The minimum Gasteiger partial charge on any atom is -0.769 e. The van der Waals surface area contributed by atoms with Crippen LogP contribution in [-0.4, -0.2) is 52.8 Å². The Morgan fingerprint density at radius 3 is 1.63 bits per heavy atom. The Morgan fingerprint density at radius 2 is 1.19 bits per heavy atom. The molecule has 154 valence electrons. The van der Waals surface area contributed by atoms with E-state index < -0.39 is 10.1 Å². The maximum absolute atomic E-state index is 11.9. The van der Waals surface area contributed by atoms with Gasteiger partial charge >= 0.3 is 37.7 Å². The van der Waals surface area contributed by atoms with Crippen molar-refractivity contribution in [3.63, 3.8) is 0 Å². The molecule has 0 aliphatic rings. The number of rotatable bonds is 13. The summed E-state index contributed by atoms with van der Waals surface area (Å²) in [6.07, 6.45) is 12.3. The molecule has 0 fully saturated rings. The van der Waals surface area contributed by atoms with Gasteiger partial charge in [0.15, 0.2) is 0 Å². The summed E-state index contributed by atoms with van der Waals surface area (Å²) in [7, 11) is -3.57. The van der Waals surface area contributed by atoms with E-state index in [9.17, 15) is 8.42 Å². The summed E-state index contributed by atoms with van der Waals surface area (Å²) in [6, 6.07) is 8.33. The predicted molar refractivity (Wildman–Crippen MR) is 109 cm³/mol. The van der Waals surface area contributed by atoms with Crippen molar-refractivity contribution in [2.45, 2.75) is 76.0 Å². The van der Waals surface area contributed by atoms with Crippen LogP contribution in [0.4, 0.5) is 0 Å². The summed E-state index contributed by atoms with van der Waals surface area (Å²) in [5.41, 5.74) is 0. The Kier molecular flexibility index (Phi) is 30.1. The van der Waals surface area contributed by atoms with Gasteiger partial charge in [-0.2, -0.15) is 8.42 Å². The number of hydrogen-bond acceptors (Lipinski definition) is 5. The molecule has 0 saturated carbocycles. The average molecular weight is 469 g/mol. The maximum atomic E-state index is 11.9. The van der Waals surface area contributed by atoms with Gasteiger partial charge in [-0.05, 0) is 18.6 Å². The Morgan fingerprint density at radius 1 is 0.778 bits per heavy atom. The summed E-state index contributed by atoms with van der Waals surface area (Å²) in [5, 5.41) is 0. The van der Waals surface area contributed by atoms with Gasteiger partial charge in [0.05, 0.1) is 11.5 Å². The third kappa shape index (κ3) is 20.0. The van der Waals surface area contributed by atoms with E-state index in [4.69, 9.17) is 13.5 Å². The van der Waals surface area contributed by atoms with Crippen molar-refractivity contribution in [2.75, 3.05) is 6.61 Å². The van der Waals surface area contributed by atoms with Crippen molar-refractivity contribution >= 4 is 71.6 Å². The molecule has 0 N–H and O–H groups in total. The molecule has 0 unspecified atom stereocenters. The number of unbranched alkanes of at least 4 members (excludes halogenated alkanes) is 9. The normalized spacial score (nSPS) is 9.96. The Hall–Kier alpha value is 0.890. The first-order valence-corrected chi connectivity index (χ1v) is 10.9. The topological polar surface area (TPSA) is 89.5 Å². The standard InChI is InChI=1S/C18H30O3S.Ca.2ClO/c1-2-3-4-5-6-7-8-9-10-14-17-21-22(19,20)18-15-12-11-13-16-18;;2*1-2/h11-13,15-16H,2-10,14,17H2,1H3;;;/q;+2;2*-1. The molecule has 0 radical (unpaired) electrons. The van der Waals surface area contributed by atoms with Gasteiger partial charge in [0.25, 0.3) is 10.1 Å². The fourth-order valence-corrected chi connectivity index (χ4v) is 3.38. The van der Waals surface area contributed by atoms with E-state index in [0.717, 1.165) is 12.8 Å². The van der Waals surface area contributed by atoms with Gasteiger partial charge in [-0.1, -0.05) is 82.9 Å². The van der Waals surface area contributed by atoms with Gasteiger partial charge in [0.2, 0.25) is 0 Å². The van der Waals surface area contributed by atoms with Gasteiger partial charge in [-0.25, -0.2) is 23.7 Å². The molecule has 1 aromatic carbocycles. The second kappa shape index (κ2) is 24.9. The molecular formula is C18H30CaCl2O5S. The van der Waals surface area contributed by atoms with Crippen LogP contribution in [0.15, 0.2) is 35.2 Å². The van der Waals surface area contributed by atoms with Crippen LogP contribution in [0.3, 0.4) is 0 Å². The third-order valence-electron chi connectivity index (χ3n) is 3.77. The van der Waals surface area contributed by atoms with E-state index in [-0.39, 0.29) is 49.2 Å². The smallest absolute Gasteiger partial charge is 0.769 e. The molecule has 0 bridgehead atoms. The van der Waals surface area contributed by atoms with Gasteiger partial charge in [-0.3, -0.25) is 4.18 Å². The van der Waals surface area contributed by atoms with E-state index in [1.54, 1.807) is 30.3 Å². The first-order chi connectivity index (χ1) is 12.7. The van der Waals surface area contributed by atoms with Crippen LogP contribution in [0.25, 0.3) is 0 Å². The largest absolute Gasteiger partial charge is 2.00 e. The maximum Gasteiger partial charge on any atom is 2.00 e. The zero-order valence-corrected chi connectivity index (χ0v) is 20.6. The van der Waals surface area contributed by atoms with E-state index >= 15 is 0 Å². The van der Waals surface area contributed by atoms with Crippen LogP contribution in [0.5, 0.6) is 0 Å². The average Bonchev–Trinajstić information content (AvgIpc) is 2.70. The third-order valence-corrected chi connectivity index (χ3v) is 5.09. The van der Waals surface area contributed by atoms with Crippen LogP contribution in [-0.2, 0) is 14.3 Å². The zero-order valence-electron chi connectivity index (χ0n) is 16.1. The summed E-state index contributed by atoms with van der Waals surface area (Å²) in [5.74, 6) is 0. The molecule has 9 heteroatoms. The van der Waals surface area contributed by atoms with Crippen molar-refractivity contribution in [3.05, 3.63) is 30.3 Å². The summed E-state index contributed by atoms with van der Waals surface area (Å²) >= 11 is 6.78. The molecular weight excluding hydrogens is 439 g/mol. The fourth-order valence-electron chi connectivity index (χ4n) is 2.41. The molecule has 0 aliphatic carbocycles. The fraction of sp³-hybridized carbons (Fsp3) is 0.667. The zero-order chi connectivity index (χ0) is 20.1. The van der Waals surface area contributed by atoms with Crippen molar-refractivity contribution in [1.82, 2.24) is 0 Å². The van der Waals surface area contributed by atoms with Crippen LogP contribution >= 0.6 is 23.7 Å².